The van der Waals surface area contributed by atoms with Crippen LogP contribution in [0.25, 0.3) is 0 Å². The maximum Gasteiger partial charge on any atom is 0.158 e. The van der Waals surface area contributed by atoms with E-state index < -0.39 is 0 Å². The zero-order valence-corrected chi connectivity index (χ0v) is 15.7. The lowest BCUT2D eigenvalue weighted by atomic mass is 10.2. The zero-order valence-electron chi connectivity index (χ0n) is 15.7. The van der Waals surface area contributed by atoms with Crippen molar-refractivity contribution in [1.82, 2.24) is 0 Å². The van der Waals surface area contributed by atoms with Gasteiger partial charge in [-0.15, -0.1) is 6.58 Å². The van der Waals surface area contributed by atoms with E-state index in [0.717, 1.165) is 71.4 Å². The van der Waals surface area contributed by atoms with Crippen molar-refractivity contribution in [1.29, 1.82) is 0 Å². The average molecular weight is 357 g/mol. The van der Waals surface area contributed by atoms with Gasteiger partial charge in [-0.1, -0.05) is 6.08 Å². The molecule has 146 valence electrons. The molecule has 2 aliphatic heterocycles. The first kappa shape index (κ1) is 20.8. The van der Waals surface area contributed by atoms with Crippen LogP contribution in [0.2, 0.25) is 0 Å². The number of rotatable bonds is 16. The van der Waals surface area contributed by atoms with Crippen LogP contribution in [0.15, 0.2) is 12.7 Å². The van der Waals surface area contributed by atoms with Gasteiger partial charge in [0, 0.05) is 19.8 Å². The third kappa shape index (κ3) is 11.0. The highest BCUT2D eigenvalue weighted by Gasteiger charge is 2.22. The molecule has 0 N–H and O–H groups in total. The van der Waals surface area contributed by atoms with Crippen molar-refractivity contribution < 1.29 is 23.7 Å². The Hall–Kier alpha value is -0.460. The summed E-state index contributed by atoms with van der Waals surface area (Å²) in [5.74, 6) is 0. The summed E-state index contributed by atoms with van der Waals surface area (Å²) < 4.78 is 28.6. The number of ether oxygens (including phenoxy) is 5. The predicted octanol–water partition coefficient (Wildman–Crippen LogP) is 3.86. The van der Waals surface area contributed by atoms with Crippen molar-refractivity contribution >= 4 is 0 Å². The molecule has 0 aromatic carbocycles. The summed E-state index contributed by atoms with van der Waals surface area (Å²) in [7, 11) is 0. The molecule has 25 heavy (non-hydrogen) atoms. The van der Waals surface area contributed by atoms with Crippen molar-refractivity contribution in [3.63, 3.8) is 0 Å². The maximum absolute atomic E-state index is 6.07. The molecule has 3 atom stereocenters. The average Bonchev–Trinajstić information content (AvgIpc) is 3.46. The van der Waals surface area contributed by atoms with Crippen molar-refractivity contribution in [2.24, 2.45) is 0 Å². The molecule has 0 aromatic heterocycles. The second kappa shape index (κ2) is 13.7. The molecule has 2 rings (SSSR count). The van der Waals surface area contributed by atoms with Gasteiger partial charge in [0.1, 0.15) is 6.10 Å². The molecule has 0 bridgehead atoms. The molecule has 2 saturated heterocycles. The number of unbranched alkanes of at least 4 members (excludes halogenated alkanes) is 3. The quantitative estimate of drug-likeness (QED) is 0.239. The van der Waals surface area contributed by atoms with E-state index in [4.69, 9.17) is 23.7 Å². The van der Waals surface area contributed by atoms with Crippen molar-refractivity contribution in [3.8, 4) is 0 Å². The summed E-state index contributed by atoms with van der Waals surface area (Å²) in [6.07, 6.45) is 12.2. The molecule has 0 amide bonds. The van der Waals surface area contributed by atoms with Gasteiger partial charge in [0.25, 0.3) is 0 Å². The third-order valence-electron chi connectivity index (χ3n) is 4.50. The fraction of sp³-hybridized carbons (Fsp3) is 0.900. The lowest BCUT2D eigenvalue weighted by Gasteiger charge is -2.27. The Morgan fingerprint density at radius 3 is 2.40 bits per heavy atom. The SMILES string of the molecule is C=CCCCCOCC(COCCCCC1CO1)OC1CCCCO1. The summed E-state index contributed by atoms with van der Waals surface area (Å²) in [6.45, 7) is 8.17. The molecule has 2 aliphatic rings. The van der Waals surface area contributed by atoms with E-state index >= 15 is 0 Å². The number of hydrogen-bond acceptors (Lipinski definition) is 5. The summed E-state index contributed by atoms with van der Waals surface area (Å²) in [5, 5.41) is 0. The van der Waals surface area contributed by atoms with E-state index in [-0.39, 0.29) is 12.4 Å². The van der Waals surface area contributed by atoms with Crippen LogP contribution >= 0.6 is 0 Å². The largest absolute Gasteiger partial charge is 0.379 e. The molecule has 0 spiro atoms. The van der Waals surface area contributed by atoms with Crippen LogP contribution in [0, 0.1) is 0 Å². The molecule has 5 heteroatoms. The van der Waals surface area contributed by atoms with Crippen LogP contribution < -0.4 is 0 Å². The van der Waals surface area contributed by atoms with Crippen LogP contribution in [0.1, 0.15) is 57.8 Å². The van der Waals surface area contributed by atoms with Gasteiger partial charge in [0.15, 0.2) is 6.29 Å². The molecule has 2 heterocycles. The standard InChI is InChI=1S/C20H36O5/c1-2-3-4-7-12-21-15-19(25-20-11-6-9-14-23-20)16-22-13-8-5-10-18-17-24-18/h2,18-20H,1,3-17H2. The first-order chi connectivity index (χ1) is 12.4. The van der Waals surface area contributed by atoms with Crippen molar-refractivity contribution in [3.05, 3.63) is 12.7 Å². The smallest absolute Gasteiger partial charge is 0.158 e. The maximum atomic E-state index is 6.07. The normalized spacial score (nSPS) is 24.2. The van der Waals surface area contributed by atoms with Gasteiger partial charge < -0.3 is 23.7 Å². The number of hydrogen-bond donors (Lipinski definition) is 0. The van der Waals surface area contributed by atoms with Gasteiger partial charge in [0.05, 0.1) is 25.9 Å². The van der Waals surface area contributed by atoms with E-state index in [1.54, 1.807) is 0 Å². The Bertz CT molecular complexity index is 326. The van der Waals surface area contributed by atoms with E-state index in [0.29, 0.717) is 19.3 Å². The first-order valence-electron chi connectivity index (χ1n) is 10.0. The highest BCUT2D eigenvalue weighted by atomic mass is 16.7. The van der Waals surface area contributed by atoms with Crippen LogP contribution in [-0.4, -0.2) is 58.1 Å². The molecule has 3 unspecified atom stereocenters. The fourth-order valence-corrected chi connectivity index (χ4v) is 2.89. The fourth-order valence-electron chi connectivity index (χ4n) is 2.89. The van der Waals surface area contributed by atoms with E-state index in [9.17, 15) is 0 Å². The van der Waals surface area contributed by atoms with Gasteiger partial charge in [-0.25, -0.2) is 0 Å². The molecular formula is C20H36O5. The molecule has 0 aromatic rings. The minimum atomic E-state index is -0.0984. The first-order valence-corrected chi connectivity index (χ1v) is 10.0. The Kier molecular flexibility index (Phi) is 11.4. The Labute approximate surface area is 153 Å². The van der Waals surface area contributed by atoms with Crippen molar-refractivity contribution in [2.45, 2.75) is 76.3 Å². The van der Waals surface area contributed by atoms with Gasteiger partial charge in [-0.05, 0) is 57.8 Å². The van der Waals surface area contributed by atoms with Gasteiger partial charge in [-0.2, -0.15) is 0 Å². The second-order valence-electron chi connectivity index (χ2n) is 6.94. The predicted molar refractivity (Wildman–Crippen MR) is 97.7 cm³/mol. The van der Waals surface area contributed by atoms with E-state index in [1.165, 1.54) is 12.8 Å². The molecule has 0 saturated carbocycles. The second-order valence-corrected chi connectivity index (χ2v) is 6.94. The van der Waals surface area contributed by atoms with Crippen LogP contribution in [0.5, 0.6) is 0 Å². The highest BCUT2D eigenvalue weighted by molar-refractivity contribution is 4.68. The van der Waals surface area contributed by atoms with Gasteiger partial charge in [-0.3, -0.25) is 0 Å². The van der Waals surface area contributed by atoms with Crippen molar-refractivity contribution in [2.75, 3.05) is 39.6 Å². The monoisotopic (exact) mass is 356 g/mol. The van der Waals surface area contributed by atoms with Gasteiger partial charge >= 0.3 is 0 Å². The Morgan fingerprint density at radius 1 is 1.00 bits per heavy atom. The highest BCUT2D eigenvalue weighted by Crippen LogP contribution is 2.17. The molecular weight excluding hydrogens is 320 g/mol. The molecule has 0 radical (unpaired) electrons. The lowest BCUT2D eigenvalue weighted by molar-refractivity contribution is -0.208. The zero-order chi connectivity index (χ0) is 17.6. The van der Waals surface area contributed by atoms with Crippen LogP contribution in [0.3, 0.4) is 0 Å². The molecule has 0 aliphatic carbocycles. The minimum Gasteiger partial charge on any atom is -0.379 e. The van der Waals surface area contributed by atoms with Gasteiger partial charge in [0.2, 0.25) is 0 Å². The lowest BCUT2D eigenvalue weighted by Crippen LogP contribution is -2.34. The third-order valence-corrected chi connectivity index (χ3v) is 4.50. The van der Waals surface area contributed by atoms with Crippen LogP contribution in [-0.2, 0) is 23.7 Å². The minimum absolute atomic E-state index is 0.0470. The summed E-state index contributed by atoms with van der Waals surface area (Å²) in [6, 6.07) is 0. The molecule has 2 fully saturated rings. The summed E-state index contributed by atoms with van der Waals surface area (Å²) in [5.41, 5.74) is 0. The van der Waals surface area contributed by atoms with E-state index in [2.05, 4.69) is 6.58 Å². The topological polar surface area (TPSA) is 49.5 Å². The number of epoxide rings is 1. The Morgan fingerprint density at radius 2 is 1.76 bits per heavy atom. The summed E-state index contributed by atoms with van der Waals surface area (Å²) >= 11 is 0. The van der Waals surface area contributed by atoms with E-state index in [1.807, 2.05) is 6.08 Å². The number of allylic oxidation sites excluding steroid dienone is 1. The Balaban J connectivity index is 1.55. The van der Waals surface area contributed by atoms with Crippen LogP contribution in [0.4, 0.5) is 0 Å². The molecule has 5 nitrogen and oxygen atoms in total. The summed E-state index contributed by atoms with van der Waals surface area (Å²) in [4.78, 5) is 0.